The maximum Gasteiger partial charge on any atom is 0.339 e. The molecule has 0 aliphatic carbocycles. The highest BCUT2D eigenvalue weighted by atomic mass is 16.4. The fourth-order valence-corrected chi connectivity index (χ4v) is 1.85. The predicted molar refractivity (Wildman–Crippen MR) is 69.7 cm³/mol. The number of aryl methyl sites for hydroxylation is 1. The summed E-state index contributed by atoms with van der Waals surface area (Å²) in [5.74, 6) is -0.944. The van der Waals surface area contributed by atoms with E-state index in [0.717, 1.165) is 11.1 Å². The second kappa shape index (κ2) is 4.64. The Morgan fingerprint density at radius 2 is 2.00 bits per heavy atom. The molecule has 1 N–H and O–H groups in total. The summed E-state index contributed by atoms with van der Waals surface area (Å²) in [5, 5.41) is 13.7. The van der Waals surface area contributed by atoms with E-state index in [1.165, 1.54) is 0 Å². The van der Waals surface area contributed by atoms with E-state index in [4.69, 9.17) is 0 Å². The van der Waals surface area contributed by atoms with Gasteiger partial charge in [0.25, 0.3) is 0 Å². The van der Waals surface area contributed by atoms with Crippen molar-refractivity contribution >= 4 is 5.97 Å². The average Bonchev–Trinajstić information content (AvgIpc) is 2.74. The molecular weight excluding hydrogens is 228 g/mol. The number of carboxylic acid groups (broad SMARTS) is 1. The number of hydrogen-bond donors (Lipinski definition) is 1. The first-order valence-corrected chi connectivity index (χ1v) is 5.89. The zero-order valence-corrected chi connectivity index (χ0v) is 10.7. The van der Waals surface area contributed by atoms with Crippen LogP contribution in [0.1, 0.15) is 35.8 Å². The van der Waals surface area contributed by atoms with Crippen molar-refractivity contribution in [3.63, 3.8) is 0 Å². The normalized spacial score (nSPS) is 10.9. The first-order chi connectivity index (χ1) is 8.50. The fraction of sp³-hybridized carbons (Fsp3) is 0.286. The van der Waals surface area contributed by atoms with Crippen molar-refractivity contribution in [2.75, 3.05) is 0 Å². The highest BCUT2D eigenvalue weighted by Crippen LogP contribution is 2.26. The van der Waals surface area contributed by atoms with Crippen LogP contribution in [0, 0.1) is 6.92 Å². The Kier molecular flexibility index (Phi) is 3.19. The van der Waals surface area contributed by atoms with Crippen molar-refractivity contribution < 1.29 is 9.90 Å². The van der Waals surface area contributed by atoms with Crippen molar-refractivity contribution in [2.45, 2.75) is 26.8 Å². The van der Waals surface area contributed by atoms with Crippen LogP contribution in [0.2, 0.25) is 0 Å². The maximum atomic E-state index is 11.3. The molecule has 1 heterocycles. The highest BCUT2D eigenvalue weighted by molar-refractivity contribution is 5.95. The van der Waals surface area contributed by atoms with Gasteiger partial charge >= 0.3 is 5.97 Å². The standard InChI is InChI=1S/C14H16N2O2/c1-9(2)16-8-12(14(17)18)13(15-16)11-7-5-4-6-10(11)3/h4-9H,1-3H3,(H,17,18). The van der Waals surface area contributed by atoms with Crippen molar-refractivity contribution in [3.05, 3.63) is 41.6 Å². The van der Waals surface area contributed by atoms with E-state index in [0.29, 0.717) is 5.69 Å². The van der Waals surface area contributed by atoms with Crippen LogP contribution in [0.5, 0.6) is 0 Å². The summed E-state index contributed by atoms with van der Waals surface area (Å²) < 4.78 is 1.69. The van der Waals surface area contributed by atoms with E-state index < -0.39 is 5.97 Å². The summed E-state index contributed by atoms with van der Waals surface area (Å²) in [6.45, 7) is 5.90. The van der Waals surface area contributed by atoms with Gasteiger partial charge in [-0.1, -0.05) is 24.3 Å². The Morgan fingerprint density at radius 3 is 2.56 bits per heavy atom. The third kappa shape index (κ3) is 2.14. The van der Waals surface area contributed by atoms with Gasteiger partial charge in [0, 0.05) is 17.8 Å². The monoisotopic (exact) mass is 244 g/mol. The molecule has 4 heteroatoms. The first-order valence-electron chi connectivity index (χ1n) is 5.89. The van der Waals surface area contributed by atoms with Gasteiger partial charge in [-0.15, -0.1) is 0 Å². The smallest absolute Gasteiger partial charge is 0.339 e. The van der Waals surface area contributed by atoms with Gasteiger partial charge in [0.05, 0.1) is 0 Å². The largest absolute Gasteiger partial charge is 0.478 e. The Labute approximate surface area is 106 Å². The summed E-state index contributed by atoms with van der Waals surface area (Å²) >= 11 is 0. The lowest BCUT2D eigenvalue weighted by Gasteiger charge is -2.05. The lowest BCUT2D eigenvalue weighted by Crippen LogP contribution is -2.01. The molecule has 18 heavy (non-hydrogen) atoms. The molecule has 1 aromatic heterocycles. The molecule has 0 unspecified atom stereocenters. The van der Waals surface area contributed by atoms with E-state index >= 15 is 0 Å². The quantitative estimate of drug-likeness (QED) is 0.902. The molecule has 0 fully saturated rings. The molecule has 0 saturated carbocycles. The fourth-order valence-electron chi connectivity index (χ4n) is 1.85. The second-order valence-electron chi connectivity index (χ2n) is 4.59. The molecule has 0 spiro atoms. The van der Waals surface area contributed by atoms with Crippen molar-refractivity contribution in [1.82, 2.24) is 9.78 Å². The van der Waals surface area contributed by atoms with E-state index in [1.807, 2.05) is 45.0 Å². The van der Waals surface area contributed by atoms with Crippen LogP contribution in [0.25, 0.3) is 11.3 Å². The van der Waals surface area contributed by atoms with Crippen molar-refractivity contribution in [1.29, 1.82) is 0 Å². The number of benzene rings is 1. The zero-order chi connectivity index (χ0) is 13.3. The van der Waals surface area contributed by atoms with Gasteiger partial charge < -0.3 is 5.11 Å². The minimum Gasteiger partial charge on any atom is -0.478 e. The molecule has 0 atom stereocenters. The van der Waals surface area contributed by atoms with Crippen LogP contribution in [0.15, 0.2) is 30.5 Å². The predicted octanol–water partition coefficient (Wildman–Crippen LogP) is 3.14. The summed E-state index contributed by atoms with van der Waals surface area (Å²) in [5.41, 5.74) is 2.68. The van der Waals surface area contributed by atoms with Crippen molar-refractivity contribution in [3.8, 4) is 11.3 Å². The van der Waals surface area contributed by atoms with Gasteiger partial charge in [-0.25, -0.2) is 4.79 Å². The SMILES string of the molecule is Cc1ccccc1-c1nn(C(C)C)cc1C(=O)O. The molecule has 0 aliphatic rings. The van der Waals surface area contributed by atoms with Crippen LogP contribution >= 0.6 is 0 Å². The minimum atomic E-state index is -0.944. The Balaban J connectivity index is 2.63. The van der Waals surface area contributed by atoms with Gasteiger partial charge in [0.1, 0.15) is 11.3 Å². The van der Waals surface area contributed by atoms with Gasteiger partial charge in [0.2, 0.25) is 0 Å². The summed E-state index contributed by atoms with van der Waals surface area (Å²) in [7, 11) is 0. The Bertz CT molecular complexity index is 585. The number of aromatic carboxylic acids is 1. The summed E-state index contributed by atoms with van der Waals surface area (Å²) in [6.07, 6.45) is 1.59. The number of aromatic nitrogens is 2. The average molecular weight is 244 g/mol. The molecule has 0 aliphatic heterocycles. The number of rotatable bonds is 3. The summed E-state index contributed by atoms with van der Waals surface area (Å²) in [4.78, 5) is 11.3. The molecule has 0 amide bonds. The van der Waals surface area contributed by atoms with E-state index in [-0.39, 0.29) is 11.6 Å². The molecule has 0 bridgehead atoms. The third-order valence-corrected chi connectivity index (χ3v) is 2.89. The maximum absolute atomic E-state index is 11.3. The number of hydrogen-bond acceptors (Lipinski definition) is 2. The molecule has 0 saturated heterocycles. The van der Waals surface area contributed by atoms with E-state index in [9.17, 15) is 9.90 Å². The number of carboxylic acids is 1. The Morgan fingerprint density at radius 1 is 1.33 bits per heavy atom. The molecule has 2 rings (SSSR count). The second-order valence-corrected chi connectivity index (χ2v) is 4.59. The number of carbonyl (C=O) groups is 1. The van der Waals surface area contributed by atoms with Gasteiger partial charge in [-0.05, 0) is 26.3 Å². The van der Waals surface area contributed by atoms with Crippen LogP contribution < -0.4 is 0 Å². The van der Waals surface area contributed by atoms with E-state index in [1.54, 1.807) is 10.9 Å². The lowest BCUT2D eigenvalue weighted by molar-refractivity contribution is 0.0697. The molecule has 2 aromatic rings. The lowest BCUT2D eigenvalue weighted by atomic mass is 10.0. The Hall–Kier alpha value is -2.10. The molecular formula is C14H16N2O2. The van der Waals surface area contributed by atoms with Crippen LogP contribution in [0.4, 0.5) is 0 Å². The first kappa shape index (κ1) is 12.4. The van der Waals surface area contributed by atoms with E-state index in [2.05, 4.69) is 5.10 Å². The van der Waals surface area contributed by atoms with Gasteiger partial charge in [-0.3, -0.25) is 4.68 Å². The molecule has 0 radical (unpaired) electrons. The molecule has 1 aromatic carbocycles. The van der Waals surface area contributed by atoms with Gasteiger partial charge in [-0.2, -0.15) is 5.10 Å². The minimum absolute atomic E-state index is 0.140. The molecule has 4 nitrogen and oxygen atoms in total. The topological polar surface area (TPSA) is 55.1 Å². The summed E-state index contributed by atoms with van der Waals surface area (Å²) in [6, 6.07) is 7.81. The number of nitrogens with zero attached hydrogens (tertiary/aromatic N) is 2. The zero-order valence-electron chi connectivity index (χ0n) is 10.7. The highest BCUT2D eigenvalue weighted by Gasteiger charge is 2.18. The van der Waals surface area contributed by atoms with Crippen molar-refractivity contribution in [2.24, 2.45) is 0 Å². The van der Waals surface area contributed by atoms with Crippen LogP contribution in [-0.4, -0.2) is 20.9 Å². The van der Waals surface area contributed by atoms with Gasteiger partial charge in [0.15, 0.2) is 0 Å². The van der Waals surface area contributed by atoms with Crippen LogP contribution in [0.3, 0.4) is 0 Å². The third-order valence-electron chi connectivity index (χ3n) is 2.89. The van der Waals surface area contributed by atoms with Crippen LogP contribution in [-0.2, 0) is 0 Å². The molecule has 94 valence electrons.